The molecular formula is C21H28N4O2. The molecule has 6 nitrogen and oxygen atoms in total. The van der Waals surface area contributed by atoms with Gasteiger partial charge in [-0.15, -0.1) is 0 Å². The van der Waals surface area contributed by atoms with Crippen molar-refractivity contribution in [3.63, 3.8) is 0 Å². The smallest absolute Gasteiger partial charge is 0.271 e. The van der Waals surface area contributed by atoms with Gasteiger partial charge in [-0.2, -0.15) is 5.10 Å². The summed E-state index contributed by atoms with van der Waals surface area (Å²) in [6, 6.07) is 11.6. The molecule has 0 saturated carbocycles. The van der Waals surface area contributed by atoms with Crippen LogP contribution in [0.1, 0.15) is 53.8 Å². The van der Waals surface area contributed by atoms with E-state index in [1.807, 2.05) is 6.92 Å². The zero-order valence-corrected chi connectivity index (χ0v) is 16.1. The summed E-state index contributed by atoms with van der Waals surface area (Å²) in [6.45, 7) is 7.19. The molecule has 1 unspecified atom stereocenters. The van der Waals surface area contributed by atoms with Gasteiger partial charge in [-0.1, -0.05) is 36.8 Å². The highest BCUT2D eigenvalue weighted by Crippen LogP contribution is 2.25. The van der Waals surface area contributed by atoms with Crippen molar-refractivity contribution in [3.05, 3.63) is 63.6 Å². The van der Waals surface area contributed by atoms with Crippen molar-refractivity contribution in [1.29, 1.82) is 0 Å². The average Bonchev–Trinajstić information content (AvgIpc) is 3.19. The summed E-state index contributed by atoms with van der Waals surface area (Å²) in [4.78, 5) is 26.8. The van der Waals surface area contributed by atoms with Crippen molar-refractivity contribution in [1.82, 2.24) is 20.0 Å². The number of carbonyl (C=O) groups is 1. The third kappa shape index (κ3) is 4.83. The molecule has 0 radical (unpaired) electrons. The van der Waals surface area contributed by atoms with E-state index in [2.05, 4.69) is 46.5 Å². The monoisotopic (exact) mass is 368 g/mol. The quantitative estimate of drug-likeness (QED) is 0.815. The van der Waals surface area contributed by atoms with E-state index in [0.29, 0.717) is 13.1 Å². The molecule has 2 heterocycles. The molecule has 1 fully saturated rings. The molecule has 1 aliphatic heterocycles. The fourth-order valence-electron chi connectivity index (χ4n) is 3.52. The van der Waals surface area contributed by atoms with Gasteiger partial charge in [0.15, 0.2) is 0 Å². The highest BCUT2D eigenvalue weighted by Gasteiger charge is 2.24. The maximum Gasteiger partial charge on any atom is 0.271 e. The van der Waals surface area contributed by atoms with Crippen LogP contribution in [0.15, 0.2) is 41.2 Å². The second-order valence-corrected chi connectivity index (χ2v) is 7.16. The van der Waals surface area contributed by atoms with Crippen LogP contribution in [0.2, 0.25) is 0 Å². The van der Waals surface area contributed by atoms with Gasteiger partial charge in [0.05, 0.1) is 6.04 Å². The molecule has 1 saturated heterocycles. The Balaban J connectivity index is 1.73. The molecule has 1 aromatic heterocycles. The van der Waals surface area contributed by atoms with Crippen LogP contribution in [0.3, 0.4) is 0 Å². The van der Waals surface area contributed by atoms with Crippen molar-refractivity contribution in [3.8, 4) is 0 Å². The first-order chi connectivity index (χ1) is 13.1. The summed E-state index contributed by atoms with van der Waals surface area (Å²) in [7, 11) is 0. The maximum atomic E-state index is 12.6. The van der Waals surface area contributed by atoms with Crippen LogP contribution in [-0.4, -0.2) is 40.2 Å². The summed E-state index contributed by atoms with van der Waals surface area (Å²) in [5.41, 5.74) is 2.55. The van der Waals surface area contributed by atoms with Gasteiger partial charge in [0.1, 0.15) is 5.69 Å². The molecule has 1 aliphatic rings. The Labute approximate surface area is 160 Å². The minimum atomic E-state index is -0.240. The number of nitrogens with one attached hydrogen (secondary N) is 1. The van der Waals surface area contributed by atoms with E-state index in [0.717, 1.165) is 19.5 Å². The molecule has 0 bridgehead atoms. The Morgan fingerprint density at radius 1 is 1.15 bits per heavy atom. The Bertz CT molecular complexity index is 823. The van der Waals surface area contributed by atoms with E-state index in [4.69, 9.17) is 0 Å². The number of amides is 1. The number of hydrogen-bond acceptors (Lipinski definition) is 4. The van der Waals surface area contributed by atoms with Gasteiger partial charge in [-0.25, -0.2) is 4.68 Å². The second kappa shape index (κ2) is 8.95. The number of rotatable bonds is 7. The average molecular weight is 368 g/mol. The molecule has 1 atom stereocenters. The summed E-state index contributed by atoms with van der Waals surface area (Å²) in [5.74, 6) is -0.240. The number of aromatic nitrogens is 2. The van der Waals surface area contributed by atoms with Crippen molar-refractivity contribution in [2.24, 2.45) is 0 Å². The molecule has 1 aromatic carbocycles. The number of aryl methyl sites for hydroxylation is 2. The van der Waals surface area contributed by atoms with Crippen LogP contribution in [0.4, 0.5) is 0 Å². The summed E-state index contributed by atoms with van der Waals surface area (Å²) in [6.07, 6.45) is 3.18. The van der Waals surface area contributed by atoms with Gasteiger partial charge in [0.2, 0.25) is 0 Å². The Hall–Kier alpha value is -2.47. The molecule has 2 aromatic rings. The van der Waals surface area contributed by atoms with Gasteiger partial charge >= 0.3 is 0 Å². The molecule has 27 heavy (non-hydrogen) atoms. The lowest BCUT2D eigenvalue weighted by molar-refractivity contribution is 0.0930. The van der Waals surface area contributed by atoms with Gasteiger partial charge < -0.3 is 5.32 Å². The highest BCUT2D eigenvalue weighted by atomic mass is 16.2. The van der Waals surface area contributed by atoms with E-state index >= 15 is 0 Å². The topological polar surface area (TPSA) is 67.2 Å². The van der Waals surface area contributed by atoms with Gasteiger partial charge in [-0.05, 0) is 50.9 Å². The van der Waals surface area contributed by atoms with Gasteiger partial charge in [0.25, 0.3) is 11.5 Å². The molecule has 0 spiro atoms. The van der Waals surface area contributed by atoms with Crippen LogP contribution in [0, 0.1) is 6.92 Å². The minimum absolute atomic E-state index is 0.151. The lowest BCUT2D eigenvalue weighted by Gasteiger charge is -2.28. The van der Waals surface area contributed by atoms with Crippen LogP contribution in [-0.2, 0) is 6.54 Å². The lowest BCUT2D eigenvalue weighted by atomic mass is 10.0. The zero-order valence-electron chi connectivity index (χ0n) is 16.1. The van der Waals surface area contributed by atoms with E-state index in [1.54, 1.807) is 0 Å². The molecule has 0 aliphatic carbocycles. The number of carbonyl (C=O) groups excluding carboxylic acids is 1. The molecule has 1 amide bonds. The highest BCUT2D eigenvalue weighted by molar-refractivity contribution is 5.92. The van der Waals surface area contributed by atoms with Crippen molar-refractivity contribution >= 4 is 5.91 Å². The third-order valence-electron chi connectivity index (χ3n) is 5.03. The van der Waals surface area contributed by atoms with Crippen LogP contribution in [0.25, 0.3) is 0 Å². The fraction of sp³-hybridized carbons (Fsp3) is 0.476. The van der Waals surface area contributed by atoms with Crippen molar-refractivity contribution < 1.29 is 4.79 Å². The molecule has 3 rings (SSSR count). The fourth-order valence-corrected chi connectivity index (χ4v) is 3.52. The summed E-state index contributed by atoms with van der Waals surface area (Å²) in [5, 5.41) is 7.22. The molecule has 144 valence electrons. The summed E-state index contributed by atoms with van der Waals surface area (Å²) < 4.78 is 1.35. The first-order valence-electron chi connectivity index (χ1n) is 9.75. The van der Waals surface area contributed by atoms with E-state index in [1.165, 1.54) is 40.8 Å². The molecule has 6 heteroatoms. The summed E-state index contributed by atoms with van der Waals surface area (Å²) >= 11 is 0. The first kappa shape index (κ1) is 19.3. The van der Waals surface area contributed by atoms with Gasteiger partial charge in [-0.3, -0.25) is 14.5 Å². The van der Waals surface area contributed by atoms with E-state index < -0.39 is 0 Å². The standard InChI is InChI=1S/C21H28N4O2/c1-3-12-25-20(26)11-10-18(23-25)21(27)22-15-19(24-13-4-5-14-24)17-8-6-16(2)7-9-17/h6-11,19H,3-5,12-15H2,1-2H3,(H,22,27). The van der Waals surface area contributed by atoms with Crippen LogP contribution >= 0.6 is 0 Å². The number of hydrogen-bond donors (Lipinski definition) is 1. The Kier molecular flexibility index (Phi) is 6.40. The van der Waals surface area contributed by atoms with Crippen molar-refractivity contribution in [2.45, 2.75) is 45.7 Å². The lowest BCUT2D eigenvalue weighted by Crippen LogP contribution is -2.37. The Morgan fingerprint density at radius 2 is 1.85 bits per heavy atom. The zero-order chi connectivity index (χ0) is 19.2. The minimum Gasteiger partial charge on any atom is -0.349 e. The molecule has 1 N–H and O–H groups in total. The molecular weight excluding hydrogens is 340 g/mol. The SMILES string of the molecule is CCCn1nc(C(=O)NCC(c2ccc(C)cc2)N2CCCC2)ccc1=O. The normalized spacial score (nSPS) is 15.6. The van der Waals surface area contributed by atoms with Crippen LogP contribution < -0.4 is 10.9 Å². The predicted molar refractivity (Wildman–Crippen MR) is 106 cm³/mol. The Morgan fingerprint density at radius 3 is 2.52 bits per heavy atom. The van der Waals surface area contributed by atoms with Crippen molar-refractivity contribution in [2.75, 3.05) is 19.6 Å². The predicted octanol–water partition coefficient (Wildman–Crippen LogP) is 2.53. The van der Waals surface area contributed by atoms with Crippen LogP contribution in [0.5, 0.6) is 0 Å². The third-order valence-corrected chi connectivity index (χ3v) is 5.03. The second-order valence-electron chi connectivity index (χ2n) is 7.16. The maximum absolute atomic E-state index is 12.6. The first-order valence-corrected chi connectivity index (χ1v) is 9.75. The van der Waals surface area contributed by atoms with Gasteiger partial charge in [0, 0.05) is 19.2 Å². The largest absolute Gasteiger partial charge is 0.349 e. The van der Waals surface area contributed by atoms with E-state index in [9.17, 15) is 9.59 Å². The number of benzene rings is 1. The number of likely N-dealkylation sites (tertiary alicyclic amines) is 1. The van der Waals surface area contributed by atoms with E-state index in [-0.39, 0.29) is 23.2 Å². The number of nitrogens with zero attached hydrogens (tertiary/aromatic N) is 3.